The van der Waals surface area contributed by atoms with Gasteiger partial charge < -0.3 is 9.64 Å². The summed E-state index contributed by atoms with van der Waals surface area (Å²) in [7, 11) is 0. The summed E-state index contributed by atoms with van der Waals surface area (Å²) in [5, 5.41) is 14.9. The lowest BCUT2D eigenvalue weighted by Crippen LogP contribution is -2.62. The van der Waals surface area contributed by atoms with E-state index in [0.717, 1.165) is 35.5 Å². The van der Waals surface area contributed by atoms with Crippen molar-refractivity contribution in [2.45, 2.75) is 57.6 Å². The summed E-state index contributed by atoms with van der Waals surface area (Å²) in [6.45, 7) is 7.54. The molecule has 1 spiro atoms. The fourth-order valence-corrected chi connectivity index (χ4v) is 6.23. The Labute approximate surface area is 216 Å². The van der Waals surface area contributed by atoms with Crippen LogP contribution in [-0.2, 0) is 5.41 Å². The van der Waals surface area contributed by atoms with Crippen molar-refractivity contribution in [3.8, 4) is 5.75 Å². The summed E-state index contributed by atoms with van der Waals surface area (Å²) in [5.74, 6) is 0.686. The number of unbranched alkanes of at least 4 members (excludes halogenated alkanes) is 3. The van der Waals surface area contributed by atoms with Gasteiger partial charge in [-0.15, -0.1) is 0 Å². The molecule has 37 heavy (non-hydrogen) atoms. The minimum Gasteiger partial charge on any atom is -0.459 e. The molecule has 0 bridgehead atoms. The highest BCUT2D eigenvalue weighted by atomic mass is 16.6. The van der Waals surface area contributed by atoms with E-state index < -0.39 is 5.72 Å². The van der Waals surface area contributed by atoms with Crippen molar-refractivity contribution in [2.75, 3.05) is 11.4 Å². The lowest BCUT2D eigenvalue weighted by Gasteiger charge is -2.46. The third-order valence-corrected chi connectivity index (χ3v) is 8.18. The third-order valence-electron chi connectivity index (χ3n) is 8.18. The number of non-ortho nitro benzene ring substituents is 1. The topological polar surface area (TPSA) is 68.0 Å². The first-order valence-electron chi connectivity index (χ1n) is 13.1. The van der Waals surface area contributed by atoms with Gasteiger partial charge in [0.25, 0.3) is 5.69 Å². The molecule has 6 heteroatoms. The number of para-hydroxylation sites is 1. The maximum atomic E-state index is 12.0. The van der Waals surface area contributed by atoms with Crippen LogP contribution in [0.4, 0.5) is 17.1 Å². The number of anilines is 1. The minimum atomic E-state index is -0.812. The molecule has 2 heterocycles. The Morgan fingerprint density at radius 1 is 0.919 bits per heavy atom. The largest absolute Gasteiger partial charge is 0.459 e. The molecule has 0 saturated carbocycles. The maximum absolute atomic E-state index is 12.0. The Morgan fingerprint density at radius 3 is 2.43 bits per heavy atom. The standard InChI is InChI=1S/C31H31N3O3/c1-4-5-6-11-19-33-25-17-10-9-16-24(25)30(2,3)31(33)20-32-28-23-15-12-18-26(34(35)36)27(23)21-13-7-8-14-22(21)29(28)37-31/h7-10,12-18,20H,4-6,11,19H2,1-3H3. The van der Waals surface area contributed by atoms with E-state index >= 15 is 0 Å². The van der Waals surface area contributed by atoms with E-state index in [1.807, 2.05) is 36.5 Å². The normalized spacial score (nSPS) is 19.3. The predicted octanol–water partition coefficient (Wildman–Crippen LogP) is 8.07. The zero-order valence-electron chi connectivity index (χ0n) is 21.5. The van der Waals surface area contributed by atoms with E-state index in [0.29, 0.717) is 16.8 Å². The highest BCUT2D eigenvalue weighted by molar-refractivity contribution is 6.20. The van der Waals surface area contributed by atoms with Crippen molar-refractivity contribution in [1.82, 2.24) is 0 Å². The summed E-state index contributed by atoms with van der Waals surface area (Å²) < 4.78 is 7.18. The number of aliphatic imine (C=N–C) groups is 1. The second-order valence-corrected chi connectivity index (χ2v) is 10.6. The van der Waals surface area contributed by atoms with Crippen LogP contribution in [0.5, 0.6) is 5.75 Å². The number of nitro groups is 1. The van der Waals surface area contributed by atoms with Crippen LogP contribution in [-0.4, -0.2) is 23.4 Å². The van der Waals surface area contributed by atoms with Gasteiger partial charge in [-0.1, -0.05) is 80.8 Å². The Hall–Kier alpha value is -3.93. The van der Waals surface area contributed by atoms with Crippen molar-refractivity contribution in [1.29, 1.82) is 0 Å². The first kappa shape index (κ1) is 23.5. The number of hydrogen-bond acceptors (Lipinski definition) is 5. The van der Waals surface area contributed by atoms with Crippen LogP contribution in [0.1, 0.15) is 52.0 Å². The Kier molecular flexibility index (Phi) is 5.44. The quantitative estimate of drug-likeness (QED) is 0.118. The second-order valence-electron chi connectivity index (χ2n) is 10.6. The number of ether oxygens (including phenoxy) is 1. The van der Waals surface area contributed by atoms with Gasteiger partial charge in [0.05, 0.1) is 21.9 Å². The molecule has 6 rings (SSSR count). The fourth-order valence-electron chi connectivity index (χ4n) is 6.23. The van der Waals surface area contributed by atoms with Gasteiger partial charge in [-0.2, -0.15) is 0 Å². The molecule has 2 aliphatic heterocycles. The highest BCUT2D eigenvalue weighted by Gasteiger charge is 2.59. The van der Waals surface area contributed by atoms with Crippen LogP contribution in [0.3, 0.4) is 0 Å². The summed E-state index contributed by atoms with van der Waals surface area (Å²) in [6, 6.07) is 21.5. The first-order valence-corrected chi connectivity index (χ1v) is 13.1. The number of nitrogens with zero attached hydrogens (tertiary/aromatic N) is 3. The molecule has 0 aliphatic carbocycles. The molecule has 2 aliphatic rings. The van der Waals surface area contributed by atoms with E-state index in [1.54, 1.807) is 12.1 Å². The van der Waals surface area contributed by atoms with Gasteiger partial charge in [0.1, 0.15) is 5.69 Å². The lowest BCUT2D eigenvalue weighted by molar-refractivity contribution is -0.383. The predicted molar refractivity (Wildman–Crippen MR) is 151 cm³/mol. The summed E-state index contributed by atoms with van der Waals surface area (Å²) in [4.78, 5) is 19.1. The molecular formula is C31H31N3O3. The molecular weight excluding hydrogens is 462 g/mol. The molecule has 4 aromatic rings. The number of hydrogen-bond donors (Lipinski definition) is 0. The lowest BCUT2D eigenvalue weighted by atomic mass is 9.77. The van der Waals surface area contributed by atoms with Crippen LogP contribution in [0.25, 0.3) is 21.5 Å². The zero-order chi connectivity index (χ0) is 25.8. The Balaban J connectivity index is 1.59. The SMILES string of the molecule is CCCCCCN1c2ccccc2C(C)(C)C12C=Nc1c(c3ccccc3c3c([N+](=O)[O-])cccc13)O2. The molecule has 188 valence electrons. The van der Waals surface area contributed by atoms with Gasteiger partial charge in [-0.3, -0.25) is 15.1 Å². The average molecular weight is 494 g/mol. The summed E-state index contributed by atoms with van der Waals surface area (Å²) in [6.07, 6.45) is 6.57. The molecule has 4 aromatic carbocycles. The molecule has 0 fully saturated rings. The van der Waals surface area contributed by atoms with Crippen molar-refractivity contribution < 1.29 is 9.66 Å². The van der Waals surface area contributed by atoms with Crippen molar-refractivity contribution >= 4 is 44.8 Å². The zero-order valence-corrected chi connectivity index (χ0v) is 21.5. The number of nitro benzene ring substituents is 1. The number of fused-ring (bicyclic) bond motifs is 7. The first-order chi connectivity index (χ1) is 17.9. The minimum absolute atomic E-state index is 0.0816. The highest BCUT2D eigenvalue weighted by Crippen LogP contribution is 2.57. The van der Waals surface area contributed by atoms with E-state index in [2.05, 4.69) is 49.9 Å². The van der Waals surface area contributed by atoms with Crippen LogP contribution < -0.4 is 9.64 Å². The monoisotopic (exact) mass is 493 g/mol. The van der Waals surface area contributed by atoms with Gasteiger partial charge >= 0.3 is 0 Å². The second kappa shape index (κ2) is 8.58. The fraction of sp³-hybridized carbons (Fsp3) is 0.323. The molecule has 0 amide bonds. The van der Waals surface area contributed by atoms with Gasteiger partial charge in [0.15, 0.2) is 5.75 Å². The molecule has 0 N–H and O–H groups in total. The molecule has 0 aromatic heterocycles. The summed E-state index contributed by atoms with van der Waals surface area (Å²) in [5.41, 5.74) is 1.96. The average Bonchev–Trinajstić information content (AvgIpc) is 3.09. The van der Waals surface area contributed by atoms with Crippen molar-refractivity contribution in [2.24, 2.45) is 4.99 Å². The van der Waals surface area contributed by atoms with Crippen LogP contribution in [0, 0.1) is 10.1 Å². The molecule has 1 unspecified atom stereocenters. The van der Waals surface area contributed by atoms with Gasteiger partial charge in [0, 0.05) is 34.5 Å². The molecule has 6 nitrogen and oxygen atoms in total. The number of rotatable bonds is 6. The Bertz CT molecular complexity index is 1580. The van der Waals surface area contributed by atoms with Crippen molar-refractivity contribution in [3.05, 3.63) is 82.4 Å². The van der Waals surface area contributed by atoms with Gasteiger partial charge in [-0.25, -0.2) is 0 Å². The van der Waals surface area contributed by atoms with Crippen LogP contribution >= 0.6 is 0 Å². The van der Waals surface area contributed by atoms with E-state index in [1.165, 1.54) is 24.1 Å². The van der Waals surface area contributed by atoms with Gasteiger partial charge in [-0.05, 0) is 31.9 Å². The van der Waals surface area contributed by atoms with Gasteiger partial charge in [0.2, 0.25) is 5.72 Å². The number of benzene rings is 4. The Morgan fingerprint density at radius 2 is 1.65 bits per heavy atom. The van der Waals surface area contributed by atoms with Crippen molar-refractivity contribution in [3.63, 3.8) is 0 Å². The van der Waals surface area contributed by atoms with Crippen LogP contribution in [0.2, 0.25) is 0 Å². The van der Waals surface area contributed by atoms with Crippen LogP contribution in [0.15, 0.2) is 71.7 Å². The molecule has 0 radical (unpaired) electrons. The third kappa shape index (κ3) is 3.28. The maximum Gasteiger partial charge on any atom is 0.277 e. The smallest absolute Gasteiger partial charge is 0.277 e. The summed E-state index contributed by atoms with van der Waals surface area (Å²) >= 11 is 0. The van der Waals surface area contributed by atoms with E-state index in [-0.39, 0.29) is 16.0 Å². The molecule has 1 atom stereocenters. The van der Waals surface area contributed by atoms with E-state index in [4.69, 9.17) is 9.73 Å². The van der Waals surface area contributed by atoms with E-state index in [9.17, 15) is 10.1 Å². The molecule has 0 saturated heterocycles.